The summed E-state index contributed by atoms with van der Waals surface area (Å²) < 4.78 is 6.39. The Hall–Kier alpha value is -6.71. The van der Waals surface area contributed by atoms with Gasteiger partial charge in [-0.25, -0.2) is 4.98 Å². The number of nitrogens with zero attached hydrogens (tertiary/aromatic N) is 2. The molecule has 8 aromatic carbocycles. The summed E-state index contributed by atoms with van der Waals surface area (Å²) in [5.74, 6) is 0.637. The van der Waals surface area contributed by atoms with Crippen LogP contribution in [0.25, 0.3) is 66.7 Å². The first kappa shape index (κ1) is 31.1. The summed E-state index contributed by atoms with van der Waals surface area (Å²) in [6, 6.07) is 65.0. The fourth-order valence-electron chi connectivity index (χ4n) is 8.22. The second-order valence-electron chi connectivity index (χ2n) is 14.4. The Morgan fingerprint density at radius 1 is 0.434 bits per heavy atom. The molecule has 0 bridgehead atoms. The highest BCUT2D eigenvalue weighted by Crippen LogP contribution is 2.50. The van der Waals surface area contributed by atoms with Crippen LogP contribution in [0.5, 0.6) is 0 Å². The van der Waals surface area contributed by atoms with Crippen LogP contribution in [0.4, 0.5) is 17.1 Å². The standard InChI is InChI=1S/C50H36N2O/c1-50(2)45-19-10-9-16-42(45)44-32-39(28-30-46(44)50)52(37-24-20-34(21-25-37)33-12-5-3-6-13-33)38-26-22-35(23-27-38)40-17-11-18-43-41(40)29-31-47-48(43)53-49(51-47)36-14-7-4-8-15-36/h3-32H,1-2H3. The maximum atomic E-state index is 6.39. The molecule has 0 spiro atoms. The van der Waals surface area contributed by atoms with Crippen LogP contribution in [0.1, 0.15) is 25.0 Å². The van der Waals surface area contributed by atoms with Crippen molar-refractivity contribution in [3.8, 4) is 44.8 Å². The van der Waals surface area contributed by atoms with Crippen molar-refractivity contribution in [3.63, 3.8) is 0 Å². The van der Waals surface area contributed by atoms with Gasteiger partial charge in [-0.3, -0.25) is 0 Å². The Kier molecular flexibility index (Phi) is 7.16. The van der Waals surface area contributed by atoms with Gasteiger partial charge in [-0.15, -0.1) is 0 Å². The molecule has 1 aliphatic rings. The van der Waals surface area contributed by atoms with E-state index in [1.54, 1.807) is 0 Å². The van der Waals surface area contributed by atoms with Crippen LogP contribution in [-0.2, 0) is 5.41 Å². The third kappa shape index (κ3) is 5.16. The smallest absolute Gasteiger partial charge is 0.227 e. The number of rotatable bonds is 6. The van der Waals surface area contributed by atoms with Gasteiger partial charge in [0.05, 0.1) is 0 Å². The average Bonchev–Trinajstić information content (AvgIpc) is 3.76. The van der Waals surface area contributed by atoms with Crippen molar-refractivity contribution in [2.24, 2.45) is 0 Å². The second-order valence-corrected chi connectivity index (χ2v) is 14.4. The molecule has 0 fully saturated rings. The summed E-state index contributed by atoms with van der Waals surface area (Å²) >= 11 is 0. The summed E-state index contributed by atoms with van der Waals surface area (Å²) in [7, 11) is 0. The van der Waals surface area contributed by atoms with Gasteiger partial charge < -0.3 is 9.32 Å². The van der Waals surface area contributed by atoms with Crippen LogP contribution in [0.2, 0.25) is 0 Å². The van der Waals surface area contributed by atoms with Crippen LogP contribution >= 0.6 is 0 Å². The lowest BCUT2D eigenvalue weighted by molar-refractivity contribution is 0.623. The average molecular weight is 681 g/mol. The van der Waals surface area contributed by atoms with Crippen LogP contribution in [0.3, 0.4) is 0 Å². The van der Waals surface area contributed by atoms with Crippen molar-refractivity contribution >= 4 is 38.9 Å². The molecule has 3 heteroatoms. The summed E-state index contributed by atoms with van der Waals surface area (Å²) in [6.07, 6.45) is 0. The van der Waals surface area contributed by atoms with Crippen LogP contribution < -0.4 is 4.90 Å². The van der Waals surface area contributed by atoms with Crippen molar-refractivity contribution in [2.75, 3.05) is 4.90 Å². The van der Waals surface area contributed by atoms with E-state index in [-0.39, 0.29) is 5.41 Å². The third-order valence-electron chi connectivity index (χ3n) is 10.9. The third-order valence-corrected chi connectivity index (χ3v) is 10.9. The number of hydrogen-bond donors (Lipinski definition) is 0. The minimum Gasteiger partial charge on any atom is -0.435 e. The van der Waals surface area contributed by atoms with Gasteiger partial charge in [-0.2, -0.15) is 0 Å². The maximum Gasteiger partial charge on any atom is 0.227 e. The molecule has 0 saturated carbocycles. The first-order valence-corrected chi connectivity index (χ1v) is 18.2. The Balaban J connectivity index is 1.07. The predicted molar refractivity (Wildman–Crippen MR) is 220 cm³/mol. The van der Waals surface area contributed by atoms with E-state index in [1.807, 2.05) is 30.3 Å². The van der Waals surface area contributed by atoms with Gasteiger partial charge in [0, 0.05) is 33.4 Å². The molecule has 0 saturated heterocycles. The molecule has 3 nitrogen and oxygen atoms in total. The molecule has 1 aliphatic carbocycles. The zero-order chi connectivity index (χ0) is 35.5. The van der Waals surface area contributed by atoms with E-state index in [9.17, 15) is 0 Å². The van der Waals surface area contributed by atoms with E-state index >= 15 is 0 Å². The maximum absolute atomic E-state index is 6.39. The Labute approximate surface area is 309 Å². The summed E-state index contributed by atoms with van der Waals surface area (Å²) in [5, 5.41) is 2.19. The molecular weight excluding hydrogens is 645 g/mol. The number of fused-ring (bicyclic) bond motifs is 6. The summed E-state index contributed by atoms with van der Waals surface area (Å²) in [4.78, 5) is 7.19. The lowest BCUT2D eigenvalue weighted by Crippen LogP contribution is -2.15. The van der Waals surface area contributed by atoms with Crippen LogP contribution in [0.15, 0.2) is 186 Å². The second kappa shape index (κ2) is 12.2. The van der Waals surface area contributed by atoms with E-state index in [4.69, 9.17) is 9.40 Å². The molecule has 0 aliphatic heterocycles. The molecule has 1 heterocycles. The van der Waals surface area contributed by atoms with Gasteiger partial charge in [0.15, 0.2) is 5.58 Å². The number of oxazole rings is 1. The molecule has 0 radical (unpaired) electrons. The minimum atomic E-state index is -0.0485. The van der Waals surface area contributed by atoms with E-state index in [2.05, 4.69) is 170 Å². The molecule has 10 rings (SSSR count). The number of anilines is 3. The molecule has 53 heavy (non-hydrogen) atoms. The van der Waals surface area contributed by atoms with Crippen LogP contribution in [0, 0.1) is 0 Å². The van der Waals surface area contributed by atoms with E-state index in [0.29, 0.717) is 5.89 Å². The van der Waals surface area contributed by atoms with E-state index in [0.717, 1.165) is 55.6 Å². The topological polar surface area (TPSA) is 29.3 Å². The highest BCUT2D eigenvalue weighted by molar-refractivity contribution is 6.09. The highest BCUT2D eigenvalue weighted by atomic mass is 16.3. The lowest BCUT2D eigenvalue weighted by atomic mass is 9.82. The number of hydrogen-bond acceptors (Lipinski definition) is 3. The first-order chi connectivity index (χ1) is 26.0. The van der Waals surface area contributed by atoms with Crippen molar-refractivity contribution in [3.05, 3.63) is 193 Å². The molecule has 0 N–H and O–H groups in total. The van der Waals surface area contributed by atoms with Gasteiger partial charge in [-0.05, 0) is 104 Å². The van der Waals surface area contributed by atoms with Crippen molar-refractivity contribution < 1.29 is 4.42 Å². The van der Waals surface area contributed by atoms with Gasteiger partial charge >= 0.3 is 0 Å². The van der Waals surface area contributed by atoms with E-state index < -0.39 is 0 Å². The molecular formula is C50H36N2O. The normalized spacial score (nSPS) is 12.9. The van der Waals surface area contributed by atoms with Crippen molar-refractivity contribution in [1.29, 1.82) is 0 Å². The minimum absolute atomic E-state index is 0.0485. The van der Waals surface area contributed by atoms with Gasteiger partial charge in [0.2, 0.25) is 5.89 Å². The van der Waals surface area contributed by atoms with Crippen molar-refractivity contribution in [2.45, 2.75) is 19.3 Å². The zero-order valence-electron chi connectivity index (χ0n) is 29.6. The number of benzene rings is 8. The van der Waals surface area contributed by atoms with Gasteiger partial charge in [-0.1, -0.05) is 141 Å². The molecule has 0 unspecified atom stereocenters. The SMILES string of the molecule is CC1(C)c2ccccc2-c2cc(N(c3ccc(-c4ccccc4)cc3)c3ccc(-c4cccc5c4ccc4nc(-c6ccccc6)oc45)cc3)ccc21. The summed E-state index contributed by atoms with van der Waals surface area (Å²) in [6.45, 7) is 4.66. The monoisotopic (exact) mass is 680 g/mol. The molecule has 0 atom stereocenters. The Morgan fingerprint density at radius 3 is 1.75 bits per heavy atom. The quantitative estimate of drug-likeness (QED) is 0.175. The fraction of sp³-hybridized carbons (Fsp3) is 0.0600. The first-order valence-electron chi connectivity index (χ1n) is 18.2. The zero-order valence-corrected chi connectivity index (χ0v) is 29.6. The lowest BCUT2D eigenvalue weighted by Gasteiger charge is -2.27. The van der Waals surface area contributed by atoms with Gasteiger partial charge in [0.25, 0.3) is 0 Å². The summed E-state index contributed by atoms with van der Waals surface area (Å²) in [5.41, 5.74) is 16.0. The Bertz CT molecular complexity index is 2780. The molecule has 0 amide bonds. The fourth-order valence-corrected chi connectivity index (χ4v) is 8.22. The predicted octanol–water partition coefficient (Wildman–Crippen LogP) is 13.8. The van der Waals surface area contributed by atoms with Crippen molar-refractivity contribution in [1.82, 2.24) is 4.98 Å². The highest BCUT2D eigenvalue weighted by Gasteiger charge is 2.35. The largest absolute Gasteiger partial charge is 0.435 e. The van der Waals surface area contributed by atoms with E-state index in [1.165, 1.54) is 33.4 Å². The number of aromatic nitrogens is 1. The van der Waals surface area contributed by atoms with Gasteiger partial charge in [0.1, 0.15) is 5.52 Å². The van der Waals surface area contributed by atoms with Crippen LogP contribution in [-0.4, -0.2) is 4.98 Å². The molecule has 252 valence electrons. The Morgan fingerprint density at radius 2 is 1.02 bits per heavy atom. The molecule has 1 aromatic heterocycles. The molecule has 9 aromatic rings.